The zero-order valence-electron chi connectivity index (χ0n) is 18.8. The van der Waals surface area contributed by atoms with Crippen molar-refractivity contribution in [2.45, 2.75) is 32.6 Å². The van der Waals surface area contributed by atoms with Crippen LogP contribution < -0.4 is 25.1 Å². The van der Waals surface area contributed by atoms with Crippen LogP contribution in [0.4, 0.5) is 0 Å². The van der Waals surface area contributed by atoms with E-state index in [2.05, 4.69) is 10.9 Å². The van der Waals surface area contributed by atoms with Gasteiger partial charge in [-0.15, -0.1) is 11.8 Å². The third-order valence-corrected chi connectivity index (χ3v) is 5.26. The molecule has 8 nitrogen and oxygen atoms in total. The molecule has 0 aliphatic heterocycles. The van der Waals surface area contributed by atoms with Crippen molar-refractivity contribution in [3.63, 3.8) is 0 Å². The van der Waals surface area contributed by atoms with Gasteiger partial charge in [0.2, 0.25) is 5.91 Å². The standard InChI is InChI=1S/C23H28N2O6S/c1-14(2)31-20-9-7-17(11-21(20)30-5)23(28)25-24-22(27)13-32-12-18-10-16(15(3)26)6-8-19(18)29-4/h6-11,14H,12-13H2,1-5H3,(H,24,27)(H,25,28). The molecule has 2 N–H and O–H groups in total. The summed E-state index contributed by atoms with van der Waals surface area (Å²) in [5.74, 6) is 1.30. The summed E-state index contributed by atoms with van der Waals surface area (Å²) in [7, 11) is 3.04. The number of amides is 2. The van der Waals surface area contributed by atoms with E-state index in [0.29, 0.717) is 34.1 Å². The molecule has 0 atom stereocenters. The van der Waals surface area contributed by atoms with Gasteiger partial charge in [-0.3, -0.25) is 25.2 Å². The van der Waals surface area contributed by atoms with E-state index in [4.69, 9.17) is 14.2 Å². The first-order valence-corrected chi connectivity index (χ1v) is 11.1. The van der Waals surface area contributed by atoms with Crippen LogP contribution in [0, 0.1) is 0 Å². The van der Waals surface area contributed by atoms with Gasteiger partial charge in [0.1, 0.15) is 5.75 Å². The normalized spacial score (nSPS) is 10.4. The number of methoxy groups -OCH3 is 2. The summed E-state index contributed by atoms with van der Waals surface area (Å²) in [5.41, 5.74) is 6.50. The first kappa shape index (κ1) is 25.1. The number of nitrogens with one attached hydrogen (secondary N) is 2. The fourth-order valence-corrected chi connectivity index (χ4v) is 3.56. The SMILES string of the molecule is COc1ccc(C(C)=O)cc1CSCC(=O)NNC(=O)c1ccc(OC(C)C)c(OC)c1. The van der Waals surface area contributed by atoms with Crippen LogP contribution in [0.3, 0.4) is 0 Å². The average Bonchev–Trinajstić information content (AvgIpc) is 2.77. The second-order valence-corrected chi connectivity index (χ2v) is 8.10. The molecule has 172 valence electrons. The molecule has 9 heteroatoms. The molecule has 0 radical (unpaired) electrons. The number of hydrogen-bond donors (Lipinski definition) is 2. The molecule has 0 fully saturated rings. The number of carbonyl (C=O) groups excluding carboxylic acids is 3. The summed E-state index contributed by atoms with van der Waals surface area (Å²) in [4.78, 5) is 36.1. The minimum Gasteiger partial charge on any atom is -0.496 e. The van der Waals surface area contributed by atoms with Crippen LogP contribution in [-0.4, -0.2) is 43.7 Å². The zero-order chi connectivity index (χ0) is 23.7. The highest BCUT2D eigenvalue weighted by Crippen LogP contribution is 2.29. The molecule has 2 amide bonds. The molecule has 0 aliphatic carbocycles. The van der Waals surface area contributed by atoms with Crippen LogP contribution >= 0.6 is 11.8 Å². The maximum absolute atomic E-state index is 12.4. The zero-order valence-corrected chi connectivity index (χ0v) is 19.6. The van der Waals surface area contributed by atoms with Crippen molar-refractivity contribution in [1.29, 1.82) is 0 Å². The molecule has 0 heterocycles. The largest absolute Gasteiger partial charge is 0.496 e. The Morgan fingerprint density at radius 2 is 1.56 bits per heavy atom. The van der Waals surface area contributed by atoms with Crippen molar-refractivity contribution in [3.05, 3.63) is 53.1 Å². The first-order chi connectivity index (χ1) is 15.2. The van der Waals surface area contributed by atoms with Gasteiger partial charge in [-0.1, -0.05) is 0 Å². The molecule has 0 unspecified atom stereocenters. The molecule has 2 aromatic rings. The molecule has 32 heavy (non-hydrogen) atoms. The Kier molecular flexibility index (Phi) is 9.39. The number of ether oxygens (including phenoxy) is 3. The number of hydrazine groups is 1. The number of benzene rings is 2. The number of carbonyl (C=O) groups is 3. The second-order valence-electron chi connectivity index (χ2n) is 7.11. The minimum absolute atomic E-state index is 0.0368. The van der Waals surface area contributed by atoms with E-state index >= 15 is 0 Å². The van der Waals surface area contributed by atoms with Crippen LogP contribution in [0.25, 0.3) is 0 Å². The van der Waals surface area contributed by atoms with Gasteiger partial charge in [-0.25, -0.2) is 0 Å². The van der Waals surface area contributed by atoms with Gasteiger partial charge < -0.3 is 14.2 Å². The van der Waals surface area contributed by atoms with E-state index in [1.54, 1.807) is 43.5 Å². The molecular formula is C23H28N2O6S. The smallest absolute Gasteiger partial charge is 0.269 e. The molecule has 0 saturated heterocycles. The highest BCUT2D eigenvalue weighted by atomic mass is 32.2. The fourth-order valence-electron chi connectivity index (χ4n) is 2.76. The molecule has 0 bridgehead atoms. The number of Topliss-reactive ketones (excluding diaryl/α,β-unsaturated/α-hetero) is 1. The van der Waals surface area contributed by atoms with Crippen molar-refractivity contribution >= 4 is 29.4 Å². The van der Waals surface area contributed by atoms with E-state index in [0.717, 1.165) is 5.56 Å². The lowest BCUT2D eigenvalue weighted by Gasteiger charge is -2.14. The van der Waals surface area contributed by atoms with Gasteiger partial charge in [0.05, 0.1) is 26.1 Å². The maximum Gasteiger partial charge on any atom is 0.269 e. The molecule has 2 rings (SSSR count). The minimum atomic E-state index is -0.478. The lowest BCUT2D eigenvalue weighted by Crippen LogP contribution is -2.42. The fraction of sp³-hybridized carbons (Fsp3) is 0.348. The Balaban J connectivity index is 1.88. The Labute approximate surface area is 192 Å². The van der Waals surface area contributed by atoms with Crippen molar-refractivity contribution in [2.75, 3.05) is 20.0 Å². The number of hydrogen-bond acceptors (Lipinski definition) is 7. The summed E-state index contributed by atoms with van der Waals surface area (Å²) in [6, 6.07) is 9.97. The average molecular weight is 461 g/mol. The Morgan fingerprint density at radius 3 is 2.19 bits per heavy atom. The van der Waals surface area contributed by atoms with E-state index in [-0.39, 0.29) is 23.5 Å². The summed E-state index contributed by atoms with van der Waals surface area (Å²) in [6.07, 6.45) is -0.0368. The van der Waals surface area contributed by atoms with Crippen LogP contribution in [0.15, 0.2) is 36.4 Å². The molecule has 2 aromatic carbocycles. The predicted octanol–water partition coefficient (Wildman–Crippen LogP) is 3.39. The summed E-state index contributed by atoms with van der Waals surface area (Å²) >= 11 is 1.33. The molecular weight excluding hydrogens is 432 g/mol. The number of ketones is 1. The van der Waals surface area contributed by atoms with Crippen molar-refractivity contribution in [3.8, 4) is 17.2 Å². The van der Waals surface area contributed by atoms with Crippen molar-refractivity contribution in [2.24, 2.45) is 0 Å². The first-order valence-electron chi connectivity index (χ1n) is 9.94. The van der Waals surface area contributed by atoms with Gasteiger partial charge in [0, 0.05) is 22.4 Å². The molecule has 0 aliphatic rings. The van der Waals surface area contributed by atoms with Gasteiger partial charge >= 0.3 is 0 Å². The van der Waals surface area contributed by atoms with Gasteiger partial charge in [-0.2, -0.15) is 0 Å². The predicted molar refractivity (Wildman–Crippen MR) is 124 cm³/mol. The van der Waals surface area contributed by atoms with Crippen LogP contribution in [0.1, 0.15) is 47.1 Å². The Morgan fingerprint density at radius 1 is 0.906 bits per heavy atom. The monoisotopic (exact) mass is 460 g/mol. The second kappa shape index (κ2) is 12.0. The summed E-state index contributed by atoms with van der Waals surface area (Å²) in [6.45, 7) is 5.28. The number of thioether (sulfide) groups is 1. The van der Waals surface area contributed by atoms with Gasteiger partial charge in [-0.05, 0) is 57.2 Å². The van der Waals surface area contributed by atoms with Gasteiger partial charge in [0.25, 0.3) is 5.91 Å². The van der Waals surface area contributed by atoms with Crippen LogP contribution in [0.2, 0.25) is 0 Å². The number of rotatable bonds is 10. The van der Waals surface area contributed by atoms with Crippen LogP contribution in [-0.2, 0) is 10.5 Å². The maximum atomic E-state index is 12.4. The van der Waals surface area contributed by atoms with Crippen molar-refractivity contribution < 1.29 is 28.6 Å². The summed E-state index contributed by atoms with van der Waals surface area (Å²) in [5, 5.41) is 0. The lowest BCUT2D eigenvalue weighted by molar-refractivity contribution is -0.119. The lowest BCUT2D eigenvalue weighted by atomic mass is 10.1. The van der Waals surface area contributed by atoms with E-state index in [9.17, 15) is 14.4 Å². The highest BCUT2D eigenvalue weighted by molar-refractivity contribution is 7.99. The van der Waals surface area contributed by atoms with Gasteiger partial charge in [0.15, 0.2) is 17.3 Å². The molecule has 0 saturated carbocycles. The third-order valence-electron chi connectivity index (χ3n) is 4.28. The van der Waals surface area contributed by atoms with E-state index in [1.165, 1.54) is 25.8 Å². The summed E-state index contributed by atoms with van der Waals surface area (Å²) < 4.78 is 16.2. The highest BCUT2D eigenvalue weighted by Gasteiger charge is 2.13. The van der Waals surface area contributed by atoms with E-state index < -0.39 is 5.91 Å². The van der Waals surface area contributed by atoms with Crippen molar-refractivity contribution in [1.82, 2.24) is 10.9 Å². The third kappa shape index (κ3) is 7.19. The molecule has 0 spiro atoms. The molecule has 0 aromatic heterocycles. The van der Waals surface area contributed by atoms with E-state index in [1.807, 2.05) is 13.8 Å². The topological polar surface area (TPSA) is 103 Å². The Bertz CT molecular complexity index is 977. The Hall–Kier alpha value is -3.20. The van der Waals surface area contributed by atoms with Crippen LogP contribution in [0.5, 0.6) is 17.2 Å². The quantitative estimate of drug-likeness (QED) is 0.414.